The third kappa shape index (κ3) is 7.48. The summed E-state index contributed by atoms with van der Waals surface area (Å²) >= 11 is 0. The molecule has 1 atom stereocenters. The van der Waals surface area contributed by atoms with E-state index in [4.69, 9.17) is 22.4 Å². The van der Waals surface area contributed by atoms with Crippen LogP contribution >= 0.6 is 0 Å². The van der Waals surface area contributed by atoms with Crippen molar-refractivity contribution >= 4 is 16.2 Å². The Labute approximate surface area is 167 Å². The summed E-state index contributed by atoms with van der Waals surface area (Å²) < 4.78 is 74.4. The third-order valence-corrected chi connectivity index (χ3v) is 4.31. The van der Waals surface area contributed by atoms with Gasteiger partial charge < -0.3 is 14.0 Å². The van der Waals surface area contributed by atoms with Crippen LogP contribution < -0.4 is 4.68 Å². The molecule has 1 unspecified atom stereocenters. The van der Waals surface area contributed by atoms with E-state index >= 15 is 0 Å². The zero-order valence-corrected chi connectivity index (χ0v) is 17.9. The summed E-state index contributed by atoms with van der Waals surface area (Å²) in [7, 11) is -4.11. The van der Waals surface area contributed by atoms with Crippen molar-refractivity contribution in [3.8, 4) is 0 Å². The first kappa shape index (κ1) is 25.2. The molecule has 29 heavy (non-hydrogen) atoms. The van der Waals surface area contributed by atoms with E-state index in [2.05, 4.69) is 4.68 Å². The summed E-state index contributed by atoms with van der Waals surface area (Å²) in [5.41, 5.74) is -6.80. The number of carbonyl (C=O) groups is 1. The summed E-state index contributed by atoms with van der Waals surface area (Å²) in [5.74, 6) is 0. The van der Waals surface area contributed by atoms with Crippen molar-refractivity contribution in [3.63, 3.8) is 0 Å². The van der Waals surface area contributed by atoms with Gasteiger partial charge in [-0.2, -0.15) is 17.9 Å². The SMILES string of the molecule is C[n+]1cccn1CC1CN(C(=O)OC(C)(C)C)C(C)(C)O1.O=S(=O)([O-])C(F)(F)F. The van der Waals surface area contributed by atoms with Crippen LogP contribution in [0.5, 0.6) is 0 Å². The van der Waals surface area contributed by atoms with Crippen molar-refractivity contribution in [2.75, 3.05) is 6.54 Å². The first-order chi connectivity index (χ1) is 12.8. The van der Waals surface area contributed by atoms with Gasteiger partial charge in [-0.3, -0.25) is 4.90 Å². The monoisotopic (exact) mass is 445 g/mol. The Morgan fingerprint density at radius 1 is 1.34 bits per heavy atom. The molecule has 0 aromatic carbocycles. The van der Waals surface area contributed by atoms with E-state index in [1.807, 2.05) is 64.8 Å². The van der Waals surface area contributed by atoms with Crippen LogP contribution in [-0.2, 0) is 33.2 Å². The molecular weight excluding hydrogens is 419 g/mol. The fraction of sp³-hybridized carbons (Fsp3) is 0.750. The average molecular weight is 445 g/mol. The molecule has 1 aliphatic heterocycles. The summed E-state index contributed by atoms with van der Waals surface area (Å²) in [6, 6.07) is 1.98. The van der Waals surface area contributed by atoms with Gasteiger partial charge >= 0.3 is 11.6 Å². The second kappa shape index (κ2) is 8.48. The Balaban J connectivity index is 0.000000447. The Morgan fingerprint density at radius 3 is 2.24 bits per heavy atom. The Hall–Kier alpha value is -1.86. The largest absolute Gasteiger partial charge is 0.741 e. The van der Waals surface area contributed by atoms with Gasteiger partial charge in [-0.05, 0) is 34.6 Å². The number of carbonyl (C=O) groups excluding carboxylic acids is 1. The maximum absolute atomic E-state index is 12.3. The summed E-state index contributed by atoms with van der Waals surface area (Å²) in [5, 5.41) is 0. The van der Waals surface area contributed by atoms with Crippen LogP contribution in [0, 0.1) is 0 Å². The predicted molar refractivity (Wildman–Crippen MR) is 93.3 cm³/mol. The van der Waals surface area contributed by atoms with E-state index in [9.17, 15) is 18.0 Å². The molecule has 1 fully saturated rings. The number of ether oxygens (including phenoxy) is 2. The van der Waals surface area contributed by atoms with Gasteiger partial charge in [0.2, 0.25) is 0 Å². The van der Waals surface area contributed by atoms with E-state index in [-0.39, 0.29) is 12.2 Å². The molecule has 1 amide bonds. The summed E-state index contributed by atoms with van der Waals surface area (Å²) in [6.07, 6.45) is 3.59. The zero-order chi connectivity index (χ0) is 22.8. The molecule has 1 aromatic heterocycles. The predicted octanol–water partition coefficient (Wildman–Crippen LogP) is 1.74. The molecule has 0 radical (unpaired) electrons. The topological polar surface area (TPSA) is 105 Å². The van der Waals surface area contributed by atoms with Gasteiger partial charge in [-0.1, -0.05) is 0 Å². The minimum atomic E-state index is -6.09. The van der Waals surface area contributed by atoms with Crippen LogP contribution in [0.25, 0.3) is 0 Å². The maximum Gasteiger partial charge on any atom is 0.485 e. The highest BCUT2D eigenvalue weighted by atomic mass is 32.2. The van der Waals surface area contributed by atoms with Crippen LogP contribution in [0.1, 0.15) is 34.6 Å². The molecule has 2 heterocycles. The van der Waals surface area contributed by atoms with E-state index in [1.165, 1.54) is 0 Å². The summed E-state index contributed by atoms with van der Waals surface area (Å²) in [6.45, 7) is 10.6. The molecule has 0 saturated carbocycles. The van der Waals surface area contributed by atoms with Gasteiger partial charge in [-0.25, -0.2) is 13.2 Å². The van der Waals surface area contributed by atoms with Gasteiger partial charge in [0.05, 0.1) is 12.7 Å². The maximum atomic E-state index is 12.3. The lowest BCUT2D eigenvalue weighted by Gasteiger charge is -2.31. The number of hydrogen-bond donors (Lipinski definition) is 0. The fourth-order valence-electron chi connectivity index (χ4n) is 2.49. The normalized spacial score (nSPS) is 19.5. The van der Waals surface area contributed by atoms with Crippen LogP contribution in [0.15, 0.2) is 18.5 Å². The molecule has 13 heteroatoms. The van der Waals surface area contributed by atoms with Crippen molar-refractivity contribution in [1.82, 2.24) is 9.58 Å². The van der Waals surface area contributed by atoms with Gasteiger partial charge in [0.25, 0.3) is 0 Å². The number of alkyl halides is 3. The second-order valence-electron chi connectivity index (χ2n) is 7.86. The minimum Gasteiger partial charge on any atom is -0.741 e. The molecular formula is C16H26F3N3O6S. The molecule has 1 saturated heterocycles. The number of hydrogen-bond acceptors (Lipinski definition) is 6. The van der Waals surface area contributed by atoms with Gasteiger partial charge in [0.1, 0.15) is 24.0 Å². The molecule has 1 aromatic rings. The first-order valence-corrected chi connectivity index (χ1v) is 9.96. The quantitative estimate of drug-likeness (QED) is 0.390. The molecule has 0 bridgehead atoms. The molecule has 0 aliphatic carbocycles. The Morgan fingerprint density at radius 2 is 1.86 bits per heavy atom. The number of amides is 1. The van der Waals surface area contributed by atoms with E-state index in [1.54, 1.807) is 4.90 Å². The fourth-order valence-corrected chi connectivity index (χ4v) is 2.49. The highest BCUT2D eigenvalue weighted by molar-refractivity contribution is 7.86. The molecule has 2 rings (SSSR count). The highest BCUT2D eigenvalue weighted by Gasteiger charge is 2.44. The van der Waals surface area contributed by atoms with Crippen LogP contribution in [0.2, 0.25) is 0 Å². The van der Waals surface area contributed by atoms with E-state index < -0.39 is 27.0 Å². The lowest BCUT2D eigenvalue weighted by molar-refractivity contribution is -0.754. The molecule has 0 spiro atoms. The van der Waals surface area contributed by atoms with Gasteiger partial charge in [0, 0.05) is 6.07 Å². The van der Waals surface area contributed by atoms with Crippen molar-refractivity contribution in [3.05, 3.63) is 18.5 Å². The lowest BCUT2D eigenvalue weighted by Crippen LogP contribution is -2.46. The van der Waals surface area contributed by atoms with Crippen molar-refractivity contribution < 1.29 is 45.1 Å². The van der Waals surface area contributed by atoms with Crippen LogP contribution in [0.3, 0.4) is 0 Å². The van der Waals surface area contributed by atoms with Gasteiger partial charge in [-0.15, -0.1) is 4.68 Å². The third-order valence-electron chi connectivity index (χ3n) is 3.74. The number of aromatic nitrogens is 2. The van der Waals surface area contributed by atoms with E-state index in [0.717, 1.165) is 0 Å². The molecule has 1 aliphatic rings. The average Bonchev–Trinajstić information content (AvgIpc) is 2.99. The standard InChI is InChI=1S/C15H26N3O3.CHF3O3S/c1-14(2,3)21-13(19)18-11-12(20-15(18,4)5)10-17-9-7-8-16(17)6;2-1(3,4)8(5,6)7/h7-9,12H,10-11H2,1-6H3;(H,5,6,7)/q+1;/p-1. The second-order valence-corrected chi connectivity index (χ2v) is 9.23. The van der Waals surface area contributed by atoms with Crippen LogP contribution in [-0.4, -0.2) is 58.1 Å². The Kier molecular flexibility index (Phi) is 7.36. The first-order valence-electron chi connectivity index (χ1n) is 8.55. The minimum absolute atomic E-state index is 0.0499. The zero-order valence-electron chi connectivity index (χ0n) is 17.1. The molecule has 0 N–H and O–H groups in total. The number of halogens is 3. The van der Waals surface area contributed by atoms with Crippen molar-refractivity contribution in [2.45, 2.75) is 64.1 Å². The van der Waals surface area contributed by atoms with E-state index in [0.29, 0.717) is 13.1 Å². The van der Waals surface area contributed by atoms with Crippen molar-refractivity contribution in [2.24, 2.45) is 7.05 Å². The Bertz CT molecular complexity index is 815. The van der Waals surface area contributed by atoms with Crippen LogP contribution in [0.4, 0.5) is 18.0 Å². The number of aryl methyl sites for hydroxylation is 1. The number of rotatable bonds is 2. The molecule has 9 nitrogen and oxygen atoms in total. The van der Waals surface area contributed by atoms with Gasteiger partial charge in [0.15, 0.2) is 23.4 Å². The number of nitrogens with zero attached hydrogens (tertiary/aromatic N) is 3. The smallest absolute Gasteiger partial charge is 0.485 e. The summed E-state index contributed by atoms with van der Waals surface area (Å²) in [4.78, 5) is 14.0. The highest BCUT2D eigenvalue weighted by Crippen LogP contribution is 2.29. The lowest BCUT2D eigenvalue weighted by atomic mass is 10.2. The van der Waals surface area contributed by atoms with Crippen molar-refractivity contribution in [1.29, 1.82) is 0 Å². The molecule has 168 valence electrons.